The highest BCUT2D eigenvalue weighted by Gasteiger charge is 2.27. The van der Waals surface area contributed by atoms with Gasteiger partial charge in [-0.3, -0.25) is 0 Å². The molecule has 1 aliphatic heterocycles. The zero-order chi connectivity index (χ0) is 14.7. The molecule has 0 bridgehead atoms. The number of esters is 1. The number of β-amino-alcohol motifs (C(OH)–C–C–N with tert-alkyl or cyclic N) is 1. The number of anilines is 2. The van der Waals surface area contributed by atoms with Crippen LogP contribution in [0.25, 0.3) is 0 Å². The molecule has 3 N–H and O–H groups in total. The Hall–Kier alpha value is -1.75. The molecule has 1 aromatic carbocycles. The second kappa shape index (κ2) is 6.13. The quantitative estimate of drug-likeness (QED) is 0.649. The molecule has 0 spiro atoms. The van der Waals surface area contributed by atoms with Gasteiger partial charge in [0.25, 0.3) is 0 Å². The molecule has 0 aliphatic carbocycles. The largest absolute Gasteiger partial charge is 0.462 e. The average Bonchev–Trinajstić information content (AvgIpc) is 2.42. The Kier molecular flexibility index (Phi) is 4.49. The summed E-state index contributed by atoms with van der Waals surface area (Å²) < 4.78 is 5.08. The van der Waals surface area contributed by atoms with Crippen molar-refractivity contribution in [1.82, 2.24) is 0 Å². The summed E-state index contributed by atoms with van der Waals surface area (Å²) in [5, 5.41) is 10.0. The Labute approximate surface area is 119 Å². The zero-order valence-corrected chi connectivity index (χ0v) is 12.0. The predicted molar refractivity (Wildman–Crippen MR) is 78.8 cm³/mol. The molecule has 0 amide bonds. The summed E-state index contributed by atoms with van der Waals surface area (Å²) in [6.45, 7) is 5.48. The van der Waals surface area contributed by atoms with E-state index in [4.69, 9.17) is 10.5 Å². The number of piperidine rings is 1. The molecule has 0 radical (unpaired) electrons. The maximum Gasteiger partial charge on any atom is 0.340 e. The molecule has 1 saturated heterocycles. The Balaban J connectivity index is 2.29. The van der Waals surface area contributed by atoms with Crippen LogP contribution in [-0.4, -0.2) is 36.9 Å². The van der Waals surface area contributed by atoms with E-state index in [1.54, 1.807) is 19.1 Å². The third-order valence-electron chi connectivity index (χ3n) is 3.78. The zero-order valence-electron chi connectivity index (χ0n) is 12.0. The van der Waals surface area contributed by atoms with Gasteiger partial charge in [0.1, 0.15) is 0 Å². The number of carbonyl (C=O) groups is 1. The minimum atomic E-state index is -0.378. The van der Waals surface area contributed by atoms with Crippen molar-refractivity contribution in [2.24, 2.45) is 5.92 Å². The van der Waals surface area contributed by atoms with Gasteiger partial charge in [-0.15, -0.1) is 0 Å². The fourth-order valence-corrected chi connectivity index (χ4v) is 2.47. The first-order valence-corrected chi connectivity index (χ1v) is 7.02. The predicted octanol–water partition coefficient (Wildman–Crippen LogP) is 1.65. The Morgan fingerprint density at radius 2 is 2.30 bits per heavy atom. The number of aliphatic hydroxyl groups excluding tert-OH is 1. The molecule has 5 nitrogen and oxygen atoms in total. The number of hydrogen-bond donors (Lipinski definition) is 2. The minimum Gasteiger partial charge on any atom is -0.462 e. The van der Waals surface area contributed by atoms with E-state index in [9.17, 15) is 9.90 Å². The molecule has 110 valence electrons. The molecule has 1 aromatic rings. The first kappa shape index (κ1) is 14.7. The highest BCUT2D eigenvalue weighted by molar-refractivity contribution is 5.97. The summed E-state index contributed by atoms with van der Waals surface area (Å²) in [6, 6.07) is 5.23. The van der Waals surface area contributed by atoms with Gasteiger partial charge in [0, 0.05) is 18.8 Å². The minimum absolute atomic E-state index is 0.283. The van der Waals surface area contributed by atoms with Crippen molar-refractivity contribution in [2.75, 3.05) is 30.3 Å². The number of carbonyl (C=O) groups excluding carboxylic acids is 1. The smallest absolute Gasteiger partial charge is 0.340 e. The third-order valence-corrected chi connectivity index (χ3v) is 3.78. The highest BCUT2D eigenvalue weighted by atomic mass is 16.5. The van der Waals surface area contributed by atoms with E-state index >= 15 is 0 Å². The summed E-state index contributed by atoms with van der Waals surface area (Å²) in [5.74, 6) is -0.0889. The molecule has 0 aromatic heterocycles. The molecular formula is C15H22N2O3. The molecule has 1 heterocycles. The number of nitrogen functional groups attached to an aromatic ring is 1. The lowest BCUT2D eigenvalue weighted by Gasteiger charge is -2.36. The normalized spacial score (nSPS) is 22.6. The van der Waals surface area contributed by atoms with E-state index in [-0.39, 0.29) is 18.0 Å². The molecule has 2 unspecified atom stereocenters. The van der Waals surface area contributed by atoms with Gasteiger partial charge in [-0.2, -0.15) is 0 Å². The molecule has 20 heavy (non-hydrogen) atoms. The first-order valence-electron chi connectivity index (χ1n) is 7.02. The summed E-state index contributed by atoms with van der Waals surface area (Å²) in [7, 11) is 0. The van der Waals surface area contributed by atoms with E-state index in [2.05, 4.69) is 0 Å². The second-order valence-electron chi connectivity index (χ2n) is 5.28. The number of benzene rings is 1. The van der Waals surface area contributed by atoms with E-state index in [0.717, 1.165) is 18.7 Å². The van der Waals surface area contributed by atoms with Gasteiger partial charge >= 0.3 is 5.97 Å². The van der Waals surface area contributed by atoms with Gasteiger partial charge in [-0.05, 0) is 37.5 Å². The summed E-state index contributed by atoms with van der Waals surface area (Å²) in [6.07, 6.45) is 0.518. The molecule has 1 fully saturated rings. The van der Waals surface area contributed by atoms with Gasteiger partial charge in [0.05, 0.1) is 24.0 Å². The fraction of sp³-hybridized carbons (Fsp3) is 0.533. The van der Waals surface area contributed by atoms with Gasteiger partial charge in [0.15, 0.2) is 0 Å². The molecule has 5 heteroatoms. The van der Waals surface area contributed by atoms with Crippen molar-refractivity contribution in [3.63, 3.8) is 0 Å². The van der Waals surface area contributed by atoms with E-state index in [1.807, 2.05) is 17.9 Å². The van der Waals surface area contributed by atoms with Crippen LogP contribution in [0.15, 0.2) is 18.2 Å². The molecule has 2 rings (SSSR count). The number of aliphatic hydroxyl groups is 1. The maximum absolute atomic E-state index is 12.0. The SMILES string of the molecule is CCOC(=O)c1cc(N)ccc1N1CCC(C)C(O)C1. The van der Waals surface area contributed by atoms with Crippen LogP contribution in [-0.2, 0) is 4.74 Å². The molecule has 1 aliphatic rings. The van der Waals surface area contributed by atoms with Crippen LogP contribution in [0.2, 0.25) is 0 Å². The highest BCUT2D eigenvalue weighted by Crippen LogP contribution is 2.28. The average molecular weight is 278 g/mol. The number of nitrogens with two attached hydrogens (primary N) is 1. The van der Waals surface area contributed by atoms with Gasteiger partial charge < -0.3 is 20.5 Å². The van der Waals surface area contributed by atoms with Crippen LogP contribution < -0.4 is 10.6 Å². The summed E-state index contributed by atoms with van der Waals surface area (Å²) in [5.41, 5.74) is 7.54. The van der Waals surface area contributed by atoms with Crippen molar-refractivity contribution in [3.05, 3.63) is 23.8 Å². The number of hydrogen-bond acceptors (Lipinski definition) is 5. The second-order valence-corrected chi connectivity index (χ2v) is 5.28. The summed E-state index contributed by atoms with van der Waals surface area (Å²) >= 11 is 0. The molecule has 2 atom stereocenters. The van der Waals surface area contributed by atoms with Gasteiger partial charge in [-0.25, -0.2) is 4.79 Å². The van der Waals surface area contributed by atoms with Crippen LogP contribution in [0.5, 0.6) is 0 Å². The fourth-order valence-electron chi connectivity index (χ4n) is 2.47. The summed E-state index contributed by atoms with van der Waals surface area (Å²) in [4.78, 5) is 14.1. The van der Waals surface area contributed by atoms with Crippen LogP contribution >= 0.6 is 0 Å². The van der Waals surface area contributed by atoms with Gasteiger partial charge in [-0.1, -0.05) is 6.92 Å². The Bertz CT molecular complexity index is 490. The van der Waals surface area contributed by atoms with Crippen molar-refractivity contribution in [1.29, 1.82) is 0 Å². The van der Waals surface area contributed by atoms with Crippen molar-refractivity contribution in [2.45, 2.75) is 26.4 Å². The van der Waals surface area contributed by atoms with Gasteiger partial charge in [0.2, 0.25) is 0 Å². The lowest BCUT2D eigenvalue weighted by molar-refractivity contribution is 0.0526. The van der Waals surface area contributed by atoms with Crippen molar-refractivity contribution in [3.8, 4) is 0 Å². The van der Waals surface area contributed by atoms with E-state index in [0.29, 0.717) is 24.4 Å². The molecule has 0 saturated carbocycles. The third kappa shape index (κ3) is 3.04. The monoisotopic (exact) mass is 278 g/mol. The van der Waals surface area contributed by atoms with Crippen LogP contribution in [0, 0.1) is 5.92 Å². The van der Waals surface area contributed by atoms with Crippen LogP contribution in [0.3, 0.4) is 0 Å². The van der Waals surface area contributed by atoms with Crippen LogP contribution in [0.1, 0.15) is 30.6 Å². The lowest BCUT2D eigenvalue weighted by atomic mass is 9.95. The molecular weight excluding hydrogens is 256 g/mol. The van der Waals surface area contributed by atoms with Crippen molar-refractivity contribution < 1.29 is 14.6 Å². The first-order chi connectivity index (χ1) is 9.52. The Morgan fingerprint density at radius 1 is 1.55 bits per heavy atom. The van der Waals surface area contributed by atoms with E-state index in [1.165, 1.54) is 0 Å². The topological polar surface area (TPSA) is 75.8 Å². The Morgan fingerprint density at radius 3 is 2.95 bits per heavy atom. The number of rotatable bonds is 3. The van der Waals surface area contributed by atoms with Crippen LogP contribution in [0.4, 0.5) is 11.4 Å². The number of nitrogens with zero attached hydrogens (tertiary/aromatic N) is 1. The van der Waals surface area contributed by atoms with E-state index < -0.39 is 0 Å². The lowest BCUT2D eigenvalue weighted by Crippen LogP contribution is -2.43. The number of ether oxygens (including phenoxy) is 1. The maximum atomic E-state index is 12.0. The van der Waals surface area contributed by atoms with Crippen molar-refractivity contribution >= 4 is 17.3 Å². The standard InChI is InChI=1S/C15H22N2O3/c1-3-20-15(19)12-8-11(16)4-5-13(12)17-7-6-10(2)14(18)9-17/h4-5,8,10,14,18H,3,6-7,9,16H2,1-2H3.